The number of ether oxygens (including phenoxy) is 1. The normalized spacial score (nSPS) is 16.9. The van der Waals surface area contributed by atoms with E-state index in [1.165, 1.54) is 51.1 Å². The lowest BCUT2D eigenvalue weighted by Crippen LogP contribution is -2.40. The zero-order chi connectivity index (χ0) is 20.5. The number of rotatable bonds is 6. The summed E-state index contributed by atoms with van der Waals surface area (Å²) in [6, 6.07) is 0. The minimum atomic E-state index is 0.801. The van der Waals surface area contributed by atoms with E-state index in [1.54, 1.807) is 11.3 Å². The molecule has 1 aliphatic carbocycles. The van der Waals surface area contributed by atoms with Gasteiger partial charge in [-0.15, -0.1) is 10.2 Å². The van der Waals surface area contributed by atoms with Gasteiger partial charge in [0.1, 0.15) is 23.3 Å². The van der Waals surface area contributed by atoms with Crippen LogP contribution in [0.4, 0.5) is 11.6 Å². The van der Waals surface area contributed by atoms with E-state index in [4.69, 9.17) is 4.74 Å². The highest BCUT2D eigenvalue weighted by Crippen LogP contribution is 2.41. The molecule has 0 amide bonds. The van der Waals surface area contributed by atoms with E-state index in [0.717, 1.165) is 70.0 Å². The van der Waals surface area contributed by atoms with Gasteiger partial charge in [-0.25, -0.2) is 4.98 Å². The van der Waals surface area contributed by atoms with Crippen molar-refractivity contribution in [1.82, 2.24) is 15.4 Å². The minimum Gasteiger partial charge on any atom is -0.373 e. The maximum absolute atomic E-state index is 5.60. The molecule has 5 rings (SSSR count). The lowest BCUT2D eigenvalue weighted by atomic mass is 9.90. The summed E-state index contributed by atoms with van der Waals surface area (Å²) >= 11 is 1.80. The highest BCUT2D eigenvalue weighted by Gasteiger charge is 2.31. The summed E-state index contributed by atoms with van der Waals surface area (Å²) in [5.41, 5.74) is 3.98. The Balaban J connectivity index is 1.70. The summed E-state index contributed by atoms with van der Waals surface area (Å²) in [7, 11) is 0. The number of nitrogens with one attached hydrogen (secondary N) is 1. The Bertz CT molecular complexity index is 1050. The molecule has 0 aromatic carbocycles. The second-order valence-corrected chi connectivity index (χ2v) is 9.29. The predicted molar refractivity (Wildman–Crippen MR) is 122 cm³/mol. The quantitative estimate of drug-likeness (QED) is 0.601. The van der Waals surface area contributed by atoms with Crippen LogP contribution in [-0.2, 0) is 17.6 Å². The third kappa shape index (κ3) is 3.39. The summed E-state index contributed by atoms with van der Waals surface area (Å²) in [6.45, 7) is 9.87. The molecule has 0 unspecified atom stereocenters. The molecule has 8 heteroatoms. The van der Waals surface area contributed by atoms with Gasteiger partial charge in [0.2, 0.25) is 0 Å². The van der Waals surface area contributed by atoms with Crippen molar-refractivity contribution in [1.29, 1.82) is 0 Å². The van der Waals surface area contributed by atoms with Gasteiger partial charge in [-0.2, -0.15) is 0 Å². The molecular weight excluding hydrogens is 396 g/mol. The van der Waals surface area contributed by atoms with Crippen molar-refractivity contribution >= 4 is 43.4 Å². The molecule has 7 nitrogen and oxygen atoms in total. The summed E-state index contributed by atoms with van der Waals surface area (Å²) < 4.78 is 6.77. The van der Waals surface area contributed by atoms with Crippen LogP contribution in [0, 0.1) is 0 Å². The molecule has 0 spiro atoms. The number of thiophene rings is 1. The van der Waals surface area contributed by atoms with Crippen LogP contribution in [0.25, 0.3) is 20.4 Å². The van der Waals surface area contributed by atoms with Gasteiger partial charge >= 0.3 is 0 Å². The number of hydrogen-bond donors (Lipinski definition) is 0. The molecule has 0 bridgehead atoms. The topological polar surface area (TPSA) is 68.5 Å². The van der Waals surface area contributed by atoms with Gasteiger partial charge in [-0.05, 0) is 49.8 Å². The van der Waals surface area contributed by atoms with Crippen molar-refractivity contribution in [3.05, 3.63) is 11.1 Å². The Morgan fingerprint density at radius 1 is 1.10 bits per heavy atom. The van der Waals surface area contributed by atoms with E-state index in [2.05, 4.69) is 44.0 Å². The van der Waals surface area contributed by atoms with Crippen LogP contribution in [0.15, 0.2) is 0 Å². The number of morpholine rings is 1. The molecule has 0 radical (unpaired) electrons. The first-order chi connectivity index (χ1) is 14.8. The SMILES string of the molecule is CCCCN(CC)c1nnnc2c1sc1[nH+]c(N3CCOCC3)c3c(c12)CCCC3. The molecule has 160 valence electrons. The number of aromatic nitrogens is 4. The van der Waals surface area contributed by atoms with Crippen LogP contribution in [0.3, 0.4) is 0 Å². The zero-order valence-corrected chi connectivity index (χ0v) is 18.9. The van der Waals surface area contributed by atoms with Gasteiger partial charge in [-0.3, -0.25) is 4.90 Å². The van der Waals surface area contributed by atoms with E-state index in [-0.39, 0.29) is 0 Å². The first kappa shape index (κ1) is 19.9. The van der Waals surface area contributed by atoms with Crippen molar-refractivity contribution in [3.8, 4) is 0 Å². The van der Waals surface area contributed by atoms with Crippen LogP contribution in [0.5, 0.6) is 0 Å². The maximum Gasteiger partial charge on any atom is 0.279 e. The van der Waals surface area contributed by atoms with Crippen molar-refractivity contribution < 1.29 is 9.72 Å². The van der Waals surface area contributed by atoms with Gasteiger partial charge < -0.3 is 9.64 Å². The summed E-state index contributed by atoms with van der Waals surface area (Å²) in [6.07, 6.45) is 7.09. The Labute approximate surface area is 181 Å². The first-order valence-corrected chi connectivity index (χ1v) is 12.2. The fraction of sp³-hybridized carbons (Fsp3) is 0.636. The van der Waals surface area contributed by atoms with Crippen LogP contribution in [0.2, 0.25) is 0 Å². The lowest BCUT2D eigenvalue weighted by molar-refractivity contribution is -0.328. The molecule has 30 heavy (non-hydrogen) atoms. The molecule has 1 N–H and O–H groups in total. The standard InChI is InChI=1S/C22H30N6OS/c1-3-5-10-27(4-2)21-19-18(24-26-25-21)17-15-8-6-7-9-16(15)20(23-22(17)30-19)28-11-13-29-14-12-28/h3-14H2,1-2H3/p+1. The van der Waals surface area contributed by atoms with E-state index in [0.29, 0.717) is 0 Å². The number of nitrogens with zero attached hydrogens (tertiary/aromatic N) is 5. The third-order valence-corrected chi connectivity index (χ3v) is 7.54. The van der Waals surface area contributed by atoms with Crippen LogP contribution < -0.4 is 14.8 Å². The molecule has 0 atom stereocenters. The Hall–Kier alpha value is -2.06. The number of unbranched alkanes of at least 4 members (excludes halogenated alkanes) is 1. The van der Waals surface area contributed by atoms with Crippen LogP contribution in [-0.4, -0.2) is 54.8 Å². The van der Waals surface area contributed by atoms with E-state index in [9.17, 15) is 0 Å². The average molecular weight is 428 g/mol. The number of fused-ring (bicyclic) bond motifs is 5. The van der Waals surface area contributed by atoms with E-state index >= 15 is 0 Å². The smallest absolute Gasteiger partial charge is 0.279 e. The molecule has 1 fully saturated rings. The maximum atomic E-state index is 5.60. The summed E-state index contributed by atoms with van der Waals surface area (Å²) in [5.74, 6) is 2.29. The zero-order valence-electron chi connectivity index (χ0n) is 18.0. The van der Waals surface area contributed by atoms with Crippen molar-refractivity contribution in [3.63, 3.8) is 0 Å². The number of aromatic amines is 1. The van der Waals surface area contributed by atoms with Crippen LogP contribution in [0.1, 0.15) is 50.7 Å². The number of pyridine rings is 1. The van der Waals surface area contributed by atoms with Gasteiger partial charge in [0.15, 0.2) is 10.6 Å². The fourth-order valence-corrected chi connectivity index (χ4v) is 6.02. The molecule has 1 aliphatic heterocycles. The lowest BCUT2D eigenvalue weighted by Gasteiger charge is -2.25. The number of H-pyrrole nitrogens is 1. The molecule has 3 aromatic rings. The molecule has 1 saturated heterocycles. The van der Waals surface area contributed by atoms with Crippen LogP contribution >= 0.6 is 11.3 Å². The van der Waals surface area contributed by atoms with Gasteiger partial charge in [0, 0.05) is 18.7 Å². The molecular formula is C22H31N6OS+. The summed E-state index contributed by atoms with van der Waals surface area (Å²) in [5, 5.41) is 14.5. The van der Waals surface area contributed by atoms with Crippen molar-refractivity contribution in [2.24, 2.45) is 0 Å². The van der Waals surface area contributed by atoms with Gasteiger partial charge in [0.25, 0.3) is 5.82 Å². The second kappa shape index (κ2) is 8.59. The fourth-order valence-electron chi connectivity index (χ4n) is 4.84. The van der Waals surface area contributed by atoms with E-state index < -0.39 is 0 Å². The van der Waals surface area contributed by atoms with Gasteiger partial charge in [-0.1, -0.05) is 24.7 Å². The minimum absolute atomic E-state index is 0.801. The largest absolute Gasteiger partial charge is 0.373 e. The van der Waals surface area contributed by atoms with Crippen molar-refractivity contribution in [2.75, 3.05) is 49.2 Å². The molecule has 2 aliphatic rings. The molecule has 0 saturated carbocycles. The highest BCUT2D eigenvalue weighted by molar-refractivity contribution is 7.25. The predicted octanol–water partition coefficient (Wildman–Crippen LogP) is 3.40. The first-order valence-electron chi connectivity index (χ1n) is 11.4. The Morgan fingerprint density at radius 3 is 2.67 bits per heavy atom. The highest BCUT2D eigenvalue weighted by atomic mass is 32.1. The third-order valence-electron chi connectivity index (χ3n) is 6.45. The average Bonchev–Trinajstić information content (AvgIpc) is 3.19. The van der Waals surface area contributed by atoms with Gasteiger partial charge in [0.05, 0.1) is 18.6 Å². The summed E-state index contributed by atoms with van der Waals surface area (Å²) in [4.78, 5) is 9.85. The second-order valence-electron chi connectivity index (χ2n) is 8.27. The Kier molecular flexibility index (Phi) is 5.69. The van der Waals surface area contributed by atoms with Crippen molar-refractivity contribution in [2.45, 2.75) is 52.4 Å². The molecule has 4 heterocycles. The number of hydrogen-bond acceptors (Lipinski definition) is 7. The van der Waals surface area contributed by atoms with E-state index in [1.807, 2.05) is 0 Å². The molecule has 3 aromatic heterocycles. The number of aryl methyl sites for hydroxylation is 1. The monoisotopic (exact) mass is 427 g/mol. The number of anilines is 2. The Morgan fingerprint density at radius 2 is 1.90 bits per heavy atom.